The Morgan fingerprint density at radius 1 is 1.03 bits per heavy atom. The number of hydrogen-bond donors (Lipinski definition) is 0. The summed E-state index contributed by atoms with van der Waals surface area (Å²) < 4.78 is 28.4. The molecule has 1 aromatic heterocycles. The zero-order chi connectivity index (χ0) is 25.5. The van der Waals surface area contributed by atoms with Gasteiger partial charge in [-0.2, -0.15) is 0 Å². The molecule has 0 aliphatic carbocycles. The van der Waals surface area contributed by atoms with Crippen LogP contribution in [-0.4, -0.2) is 60.0 Å². The fourth-order valence-corrected chi connectivity index (χ4v) is 6.52. The maximum atomic E-state index is 15.4. The molecule has 37 heavy (non-hydrogen) atoms. The van der Waals surface area contributed by atoms with Crippen LogP contribution in [0.5, 0.6) is 5.75 Å². The lowest BCUT2D eigenvalue weighted by atomic mass is 10.1. The summed E-state index contributed by atoms with van der Waals surface area (Å²) in [4.78, 5) is 18.1. The van der Waals surface area contributed by atoms with Crippen LogP contribution in [0.1, 0.15) is 46.0 Å². The largest absolute Gasteiger partial charge is 0.491 e. The molecule has 3 fully saturated rings. The normalized spacial score (nSPS) is 26.4. The lowest BCUT2D eigenvalue weighted by Crippen LogP contribution is -2.43. The number of pyridine rings is 1. The van der Waals surface area contributed by atoms with E-state index in [1.807, 2.05) is 30.3 Å². The Labute approximate surface area is 217 Å². The molecule has 6 rings (SSSR count). The van der Waals surface area contributed by atoms with Crippen LogP contribution in [0.4, 0.5) is 10.1 Å². The van der Waals surface area contributed by atoms with Crippen LogP contribution in [0.2, 0.25) is 0 Å². The smallest absolute Gasteiger partial charge is 0.262 e. The predicted molar refractivity (Wildman–Crippen MR) is 145 cm³/mol. The second-order valence-corrected chi connectivity index (χ2v) is 10.9. The van der Waals surface area contributed by atoms with E-state index in [-0.39, 0.29) is 17.5 Å². The zero-order valence-corrected chi connectivity index (χ0v) is 21.7. The third-order valence-corrected chi connectivity index (χ3v) is 8.49. The van der Waals surface area contributed by atoms with Crippen LogP contribution < -0.4 is 15.2 Å². The number of ether oxygens (including phenoxy) is 2. The minimum Gasteiger partial charge on any atom is -0.491 e. The van der Waals surface area contributed by atoms with Crippen molar-refractivity contribution in [2.24, 2.45) is 0 Å². The molecule has 0 N–H and O–H groups in total. The van der Waals surface area contributed by atoms with Crippen LogP contribution >= 0.6 is 0 Å². The number of halogens is 1. The van der Waals surface area contributed by atoms with Gasteiger partial charge in [-0.15, -0.1) is 0 Å². The van der Waals surface area contributed by atoms with Gasteiger partial charge in [0.25, 0.3) is 5.56 Å². The third kappa shape index (κ3) is 4.75. The van der Waals surface area contributed by atoms with Crippen molar-refractivity contribution < 1.29 is 13.9 Å². The third-order valence-electron chi connectivity index (χ3n) is 8.49. The fraction of sp³-hybridized carbons (Fsp3) is 0.500. The minimum atomic E-state index is -0.287. The lowest BCUT2D eigenvalue weighted by molar-refractivity contribution is 0.0680. The number of benzene rings is 2. The molecular weight excluding hydrogens is 469 g/mol. The average Bonchev–Trinajstić information content (AvgIpc) is 3.65. The molecular formula is C30H36FN3O3. The second-order valence-electron chi connectivity index (χ2n) is 10.9. The van der Waals surface area contributed by atoms with Gasteiger partial charge in [0.2, 0.25) is 0 Å². The number of likely N-dealkylation sites (tertiary alicyclic amines) is 1. The summed E-state index contributed by atoms with van der Waals surface area (Å²) in [5, 5.41) is 1.38. The predicted octanol–water partition coefficient (Wildman–Crippen LogP) is 5.14. The second kappa shape index (κ2) is 10.1. The Bertz CT molecular complexity index is 1330. The fourth-order valence-electron chi connectivity index (χ4n) is 6.52. The van der Waals surface area contributed by atoms with Crippen molar-refractivity contribution in [2.45, 2.75) is 70.2 Å². The number of hydrogen-bond acceptors (Lipinski definition) is 5. The van der Waals surface area contributed by atoms with Crippen molar-refractivity contribution in [3.8, 4) is 11.4 Å². The van der Waals surface area contributed by atoms with Crippen LogP contribution in [0.25, 0.3) is 16.5 Å². The molecule has 0 radical (unpaired) electrons. The van der Waals surface area contributed by atoms with Crippen LogP contribution in [0, 0.1) is 5.82 Å². The van der Waals surface area contributed by atoms with Crippen molar-refractivity contribution >= 4 is 16.5 Å². The number of fused-ring (bicyclic) bond motifs is 1. The van der Waals surface area contributed by atoms with E-state index in [1.165, 1.54) is 23.5 Å². The Morgan fingerprint density at radius 2 is 1.86 bits per heavy atom. The highest BCUT2D eigenvalue weighted by molar-refractivity contribution is 5.83. The number of anilines is 1. The summed E-state index contributed by atoms with van der Waals surface area (Å²) >= 11 is 0. The van der Waals surface area contributed by atoms with Gasteiger partial charge in [0.15, 0.2) is 0 Å². The van der Waals surface area contributed by atoms with Gasteiger partial charge in [-0.25, -0.2) is 4.39 Å². The van der Waals surface area contributed by atoms with Crippen molar-refractivity contribution in [3.05, 3.63) is 64.8 Å². The molecule has 0 spiro atoms. The van der Waals surface area contributed by atoms with Crippen LogP contribution in [-0.2, 0) is 4.74 Å². The van der Waals surface area contributed by atoms with E-state index in [0.29, 0.717) is 41.5 Å². The number of aromatic nitrogens is 1. The van der Waals surface area contributed by atoms with E-state index in [2.05, 4.69) is 23.6 Å². The molecule has 3 aliphatic rings. The van der Waals surface area contributed by atoms with Gasteiger partial charge in [-0.05, 0) is 87.7 Å². The Hall–Kier alpha value is -2.90. The molecule has 3 unspecified atom stereocenters. The molecule has 0 bridgehead atoms. The van der Waals surface area contributed by atoms with Gasteiger partial charge in [0.1, 0.15) is 18.2 Å². The van der Waals surface area contributed by atoms with E-state index in [4.69, 9.17) is 9.47 Å². The maximum absolute atomic E-state index is 15.4. The van der Waals surface area contributed by atoms with Gasteiger partial charge in [-0.3, -0.25) is 14.3 Å². The molecule has 6 nitrogen and oxygen atoms in total. The zero-order valence-electron chi connectivity index (χ0n) is 21.7. The Morgan fingerprint density at radius 3 is 2.62 bits per heavy atom. The monoisotopic (exact) mass is 505 g/mol. The molecule has 0 amide bonds. The van der Waals surface area contributed by atoms with E-state index in [1.54, 1.807) is 12.3 Å². The SMILES string of the molecule is CC1CCC(C)N1C1CCN(c2ccc(-n3ccc4cc(OC[C@H]5CCCO5)ccc4c3=O)cc2F)C1. The molecule has 196 valence electrons. The Kier molecular flexibility index (Phi) is 6.67. The average molecular weight is 506 g/mol. The summed E-state index contributed by atoms with van der Waals surface area (Å²) in [5.74, 6) is 0.433. The molecule has 0 saturated carbocycles. The molecule has 2 aromatic carbocycles. The van der Waals surface area contributed by atoms with Gasteiger partial charge < -0.3 is 14.4 Å². The van der Waals surface area contributed by atoms with Crippen LogP contribution in [0.3, 0.4) is 0 Å². The van der Waals surface area contributed by atoms with E-state index < -0.39 is 0 Å². The molecule has 3 aliphatic heterocycles. The first-order valence-corrected chi connectivity index (χ1v) is 13.7. The first kappa shape index (κ1) is 24.4. The van der Waals surface area contributed by atoms with E-state index in [9.17, 15) is 4.79 Å². The minimum absolute atomic E-state index is 0.139. The molecule has 4 heterocycles. The molecule has 7 heteroatoms. The molecule has 4 atom stereocenters. The summed E-state index contributed by atoms with van der Waals surface area (Å²) in [6, 6.07) is 14.2. The van der Waals surface area contributed by atoms with Gasteiger partial charge in [0.05, 0.1) is 17.5 Å². The van der Waals surface area contributed by atoms with Gasteiger partial charge >= 0.3 is 0 Å². The standard InChI is InChI=1S/C30H36FN3O3/c1-20-5-6-21(2)34(20)24-12-13-32(18-24)29-10-7-23(17-28(29)31)33-14-11-22-16-25(8-9-27(22)30(33)35)37-19-26-4-3-15-36-26/h7-11,14,16-17,20-21,24,26H,3-6,12-13,15,18-19H2,1-2H3/t20?,21?,24?,26-/m1/s1. The summed E-state index contributed by atoms with van der Waals surface area (Å²) in [6.07, 6.45) is 7.48. The van der Waals surface area contributed by atoms with Crippen molar-refractivity contribution in [1.29, 1.82) is 0 Å². The number of nitrogens with zero attached hydrogens (tertiary/aromatic N) is 3. The first-order chi connectivity index (χ1) is 18.0. The van der Waals surface area contributed by atoms with Gasteiger partial charge in [0, 0.05) is 55.5 Å². The van der Waals surface area contributed by atoms with Gasteiger partial charge in [-0.1, -0.05) is 0 Å². The summed E-state index contributed by atoms with van der Waals surface area (Å²) in [6.45, 7) is 7.62. The highest BCUT2D eigenvalue weighted by Gasteiger charge is 2.37. The molecule has 3 saturated heterocycles. The lowest BCUT2D eigenvalue weighted by Gasteiger charge is -2.32. The quantitative estimate of drug-likeness (QED) is 0.464. The van der Waals surface area contributed by atoms with Crippen LogP contribution in [0.15, 0.2) is 53.5 Å². The summed E-state index contributed by atoms with van der Waals surface area (Å²) in [7, 11) is 0. The Balaban J connectivity index is 1.19. The van der Waals surface area contributed by atoms with E-state index in [0.717, 1.165) is 50.1 Å². The highest BCUT2D eigenvalue weighted by Crippen LogP contribution is 2.33. The maximum Gasteiger partial charge on any atom is 0.262 e. The topological polar surface area (TPSA) is 46.9 Å². The highest BCUT2D eigenvalue weighted by atomic mass is 19.1. The van der Waals surface area contributed by atoms with E-state index >= 15 is 4.39 Å². The van der Waals surface area contributed by atoms with Crippen molar-refractivity contribution in [3.63, 3.8) is 0 Å². The van der Waals surface area contributed by atoms with Crippen molar-refractivity contribution in [2.75, 3.05) is 31.2 Å². The summed E-state index contributed by atoms with van der Waals surface area (Å²) in [5.41, 5.74) is 0.977. The first-order valence-electron chi connectivity index (χ1n) is 13.7. The molecule has 3 aromatic rings. The number of rotatable bonds is 6. The van der Waals surface area contributed by atoms with Crippen molar-refractivity contribution in [1.82, 2.24) is 9.47 Å².